The van der Waals surface area contributed by atoms with Crippen molar-refractivity contribution in [1.29, 1.82) is 0 Å². The van der Waals surface area contributed by atoms with Crippen LogP contribution in [0.25, 0.3) is 0 Å². The van der Waals surface area contributed by atoms with Gasteiger partial charge in [-0.15, -0.1) is 0 Å². The van der Waals surface area contributed by atoms with E-state index in [0.717, 1.165) is 0 Å². The van der Waals surface area contributed by atoms with Gasteiger partial charge in [-0.2, -0.15) is 13.2 Å². The second-order valence-corrected chi connectivity index (χ2v) is 4.28. The number of piperidine rings is 1. The lowest BCUT2D eigenvalue weighted by Gasteiger charge is -2.39. The molecule has 2 atom stereocenters. The molecule has 0 amide bonds. The molecule has 1 aliphatic rings. The van der Waals surface area contributed by atoms with Crippen LogP contribution in [0.4, 0.5) is 13.2 Å². The molecule has 0 aliphatic carbocycles. The van der Waals surface area contributed by atoms with E-state index in [-0.39, 0.29) is 25.0 Å². The monoisotopic (exact) mass is 210 g/mol. The molecule has 2 nitrogen and oxygen atoms in total. The molecule has 2 N–H and O–H groups in total. The van der Waals surface area contributed by atoms with E-state index in [4.69, 9.17) is 5.73 Å². The lowest BCUT2D eigenvalue weighted by Crippen LogP contribution is -2.52. The first-order valence-corrected chi connectivity index (χ1v) is 4.87. The van der Waals surface area contributed by atoms with Crippen molar-refractivity contribution in [3.63, 3.8) is 0 Å². The van der Waals surface area contributed by atoms with Gasteiger partial charge in [-0.05, 0) is 20.3 Å². The van der Waals surface area contributed by atoms with Gasteiger partial charge >= 0.3 is 6.18 Å². The molecule has 1 fully saturated rings. The van der Waals surface area contributed by atoms with Crippen molar-refractivity contribution in [2.24, 2.45) is 11.7 Å². The minimum absolute atomic E-state index is 0.0622. The Morgan fingerprint density at radius 1 is 1.29 bits per heavy atom. The molecule has 5 heteroatoms. The molecular formula is C9H17F3N2. The summed E-state index contributed by atoms with van der Waals surface area (Å²) in [7, 11) is 0. The second-order valence-electron chi connectivity index (χ2n) is 4.28. The van der Waals surface area contributed by atoms with E-state index in [0.29, 0.717) is 6.54 Å². The number of nitrogens with two attached hydrogens (primary N) is 1. The van der Waals surface area contributed by atoms with E-state index >= 15 is 0 Å². The zero-order valence-electron chi connectivity index (χ0n) is 8.51. The van der Waals surface area contributed by atoms with E-state index < -0.39 is 12.1 Å². The van der Waals surface area contributed by atoms with Crippen molar-refractivity contribution in [3.05, 3.63) is 0 Å². The van der Waals surface area contributed by atoms with Crippen LogP contribution in [0.15, 0.2) is 0 Å². The second kappa shape index (κ2) is 4.06. The van der Waals surface area contributed by atoms with E-state index in [1.54, 1.807) is 4.90 Å². The zero-order chi connectivity index (χ0) is 10.9. The summed E-state index contributed by atoms with van der Waals surface area (Å²) in [6, 6.07) is -0.219. The minimum atomic E-state index is -4.11. The molecule has 0 aromatic carbocycles. The first kappa shape index (κ1) is 11.8. The highest BCUT2D eigenvalue weighted by molar-refractivity contribution is 4.86. The molecule has 84 valence electrons. The normalized spacial score (nSPS) is 31.1. The van der Waals surface area contributed by atoms with Crippen molar-refractivity contribution in [2.45, 2.75) is 38.5 Å². The summed E-state index contributed by atoms with van der Waals surface area (Å²) in [5.74, 6) is -1.26. The molecule has 14 heavy (non-hydrogen) atoms. The number of halogens is 3. The summed E-state index contributed by atoms with van der Waals surface area (Å²) in [6.07, 6.45) is -4.04. The van der Waals surface area contributed by atoms with Gasteiger partial charge in [0.2, 0.25) is 0 Å². The third-order valence-electron chi connectivity index (χ3n) is 2.70. The zero-order valence-corrected chi connectivity index (χ0v) is 8.51. The maximum atomic E-state index is 12.5. The summed E-state index contributed by atoms with van der Waals surface area (Å²) in [6.45, 7) is 4.45. The van der Waals surface area contributed by atoms with Gasteiger partial charge in [0.1, 0.15) is 0 Å². The lowest BCUT2D eigenvalue weighted by atomic mass is 9.93. The first-order chi connectivity index (χ1) is 6.30. The van der Waals surface area contributed by atoms with E-state index in [2.05, 4.69) is 0 Å². The fraction of sp³-hybridized carbons (Fsp3) is 1.00. The summed E-state index contributed by atoms with van der Waals surface area (Å²) in [5.41, 5.74) is 5.61. The number of rotatable bonds is 1. The van der Waals surface area contributed by atoms with Gasteiger partial charge in [0.05, 0.1) is 5.92 Å². The third-order valence-corrected chi connectivity index (χ3v) is 2.70. The van der Waals surface area contributed by atoms with Gasteiger partial charge in [-0.25, -0.2) is 0 Å². The fourth-order valence-electron chi connectivity index (χ4n) is 1.83. The van der Waals surface area contributed by atoms with Crippen molar-refractivity contribution < 1.29 is 13.2 Å². The van der Waals surface area contributed by atoms with E-state index in [1.807, 2.05) is 13.8 Å². The standard InChI is InChI=1S/C9H17F3N2/c1-6(2)14-4-7(9(10,11)12)3-8(13)5-14/h6-8H,3-5,13H2,1-2H3/t7-,8+/m0/s1. The summed E-state index contributed by atoms with van der Waals surface area (Å²) < 4.78 is 37.4. The number of likely N-dealkylation sites (tertiary alicyclic amines) is 1. The Labute approximate surface area is 82.2 Å². The van der Waals surface area contributed by atoms with Gasteiger partial charge < -0.3 is 5.73 Å². The van der Waals surface area contributed by atoms with Crippen LogP contribution in [0.5, 0.6) is 0 Å². The van der Waals surface area contributed by atoms with Crippen molar-refractivity contribution >= 4 is 0 Å². The van der Waals surface area contributed by atoms with Crippen LogP contribution in [0.2, 0.25) is 0 Å². The Morgan fingerprint density at radius 3 is 2.29 bits per heavy atom. The van der Waals surface area contributed by atoms with Crippen LogP contribution in [-0.2, 0) is 0 Å². The molecule has 0 aromatic rings. The van der Waals surface area contributed by atoms with Gasteiger partial charge in [-0.3, -0.25) is 4.90 Å². The predicted molar refractivity (Wildman–Crippen MR) is 48.8 cm³/mol. The molecule has 0 unspecified atom stereocenters. The molecule has 1 saturated heterocycles. The fourth-order valence-corrected chi connectivity index (χ4v) is 1.83. The first-order valence-electron chi connectivity index (χ1n) is 4.87. The van der Waals surface area contributed by atoms with Crippen LogP contribution in [0.3, 0.4) is 0 Å². The van der Waals surface area contributed by atoms with Crippen LogP contribution in [0.1, 0.15) is 20.3 Å². The lowest BCUT2D eigenvalue weighted by molar-refractivity contribution is -0.189. The summed E-state index contributed by atoms with van der Waals surface area (Å²) in [4.78, 5) is 1.80. The molecule has 0 spiro atoms. The predicted octanol–water partition coefficient (Wildman–Crippen LogP) is 1.61. The average Bonchev–Trinajstić information content (AvgIpc) is 2.01. The van der Waals surface area contributed by atoms with Crippen molar-refractivity contribution in [3.8, 4) is 0 Å². The van der Waals surface area contributed by atoms with Gasteiger partial charge in [0.15, 0.2) is 0 Å². The Hall–Kier alpha value is -0.290. The SMILES string of the molecule is CC(C)N1C[C@H](N)C[C@H](C(F)(F)F)C1. The largest absolute Gasteiger partial charge is 0.393 e. The Balaban J connectivity index is 2.63. The highest BCUT2D eigenvalue weighted by Gasteiger charge is 2.44. The van der Waals surface area contributed by atoms with Crippen LogP contribution < -0.4 is 5.73 Å². The maximum Gasteiger partial charge on any atom is 0.393 e. The van der Waals surface area contributed by atoms with E-state index in [9.17, 15) is 13.2 Å². The molecule has 0 bridgehead atoms. The Morgan fingerprint density at radius 2 is 1.86 bits per heavy atom. The van der Waals surface area contributed by atoms with E-state index in [1.165, 1.54) is 0 Å². The summed E-state index contributed by atoms with van der Waals surface area (Å²) in [5, 5.41) is 0. The average molecular weight is 210 g/mol. The Bertz CT molecular complexity index is 191. The Kier molecular flexibility index (Phi) is 3.42. The molecule has 1 heterocycles. The quantitative estimate of drug-likeness (QED) is 0.712. The van der Waals surface area contributed by atoms with Gasteiger partial charge in [0, 0.05) is 25.2 Å². The number of hydrogen-bond acceptors (Lipinski definition) is 2. The highest BCUT2D eigenvalue weighted by atomic mass is 19.4. The van der Waals surface area contributed by atoms with Crippen LogP contribution in [0, 0.1) is 5.92 Å². The van der Waals surface area contributed by atoms with Crippen LogP contribution in [-0.4, -0.2) is 36.2 Å². The molecule has 1 aliphatic heterocycles. The highest BCUT2D eigenvalue weighted by Crippen LogP contribution is 2.33. The maximum absolute atomic E-state index is 12.5. The smallest absolute Gasteiger partial charge is 0.327 e. The number of alkyl halides is 3. The molecule has 1 rings (SSSR count). The van der Waals surface area contributed by atoms with Crippen LogP contribution >= 0.6 is 0 Å². The van der Waals surface area contributed by atoms with Crippen molar-refractivity contribution in [1.82, 2.24) is 4.90 Å². The molecule has 0 radical (unpaired) electrons. The van der Waals surface area contributed by atoms with Gasteiger partial charge in [-0.1, -0.05) is 0 Å². The van der Waals surface area contributed by atoms with Gasteiger partial charge in [0.25, 0.3) is 0 Å². The third kappa shape index (κ3) is 2.85. The molecule has 0 saturated carbocycles. The minimum Gasteiger partial charge on any atom is -0.327 e. The topological polar surface area (TPSA) is 29.3 Å². The molecule has 0 aromatic heterocycles. The van der Waals surface area contributed by atoms with Crippen molar-refractivity contribution in [2.75, 3.05) is 13.1 Å². The number of hydrogen-bond donors (Lipinski definition) is 1. The summed E-state index contributed by atoms with van der Waals surface area (Å²) >= 11 is 0. The number of nitrogens with zero attached hydrogens (tertiary/aromatic N) is 1. The molecular weight excluding hydrogens is 193 g/mol.